The Morgan fingerprint density at radius 2 is 0.820 bits per heavy atom. The number of carbonyl (C=O) groups is 9. The molecule has 0 radical (unpaired) electrons. The van der Waals surface area contributed by atoms with Crippen LogP contribution < -0.4 is 48.3 Å². The lowest BCUT2D eigenvalue weighted by atomic mass is 10.00. The van der Waals surface area contributed by atoms with Crippen molar-refractivity contribution in [3.8, 4) is 0 Å². The fourth-order valence-electron chi connectivity index (χ4n) is 5.38. The van der Waals surface area contributed by atoms with Crippen molar-refractivity contribution in [1.82, 2.24) is 42.5 Å². The van der Waals surface area contributed by atoms with Gasteiger partial charge in [0.2, 0.25) is 47.3 Å². The van der Waals surface area contributed by atoms with E-state index in [4.69, 9.17) is 5.73 Å². The Balaban J connectivity index is 5.97. The Hall–Kier alpha value is -4.62. The molecule has 350 valence electrons. The lowest BCUT2D eigenvalue weighted by Crippen LogP contribution is -2.63. The maximum atomic E-state index is 13.5. The highest BCUT2D eigenvalue weighted by Crippen LogP contribution is 2.10. The van der Waals surface area contributed by atoms with Crippen LogP contribution in [0, 0.1) is 17.8 Å². The number of carboxylic acids is 1. The van der Waals surface area contributed by atoms with E-state index < -0.39 is 145 Å². The van der Waals surface area contributed by atoms with Gasteiger partial charge in [0, 0.05) is 0 Å². The predicted octanol–water partition coefficient (Wildman–Crippen LogP) is -5.23. The summed E-state index contributed by atoms with van der Waals surface area (Å²) in [5, 5.41) is 68.4. The van der Waals surface area contributed by atoms with Gasteiger partial charge in [0.25, 0.3) is 0 Å². The fraction of sp³-hybridized carbons (Fsp3) is 0.757. The van der Waals surface area contributed by atoms with Crippen LogP contribution in [-0.2, 0) is 43.2 Å². The van der Waals surface area contributed by atoms with Gasteiger partial charge in [0.05, 0.1) is 32.0 Å². The topological polar surface area (TPSA) is 377 Å². The van der Waals surface area contributed by atoms with E-state index in [9.17, 15) is 68.7 Å². The van der Waals surface area contributed by atoms with Gasteiger partial charge in [-0.25, -0.2) is 4.79 Å². The molecule has 0 fully saturated rings. The molecule has 0 spiro atoms. The van der Waals surface area contributed by atoms with Gasteiger partial charge >= 0.3 is 5.97 Å². The second-order valence-electron chi connectivity index (χ2n) is 15.6. The molecule has 0 bridgehead atoms. The van der Waals surface area contributed by atoms with Crippen molar-refractivity contribution >= 4 is 65.0 Å². The fourth-order valence-corrected chi connectivity index (χ4v) is 5.85. The zero-order valence-electron chi connectivity index (χ0n) is 36.1. The summed E-state index contributed by atoms with van der Waals surface area (Å²) in [5.74, 6) is -9.90. The van der Waals surface area contributed by atoms with E-state index in [1.54, 1.807) is 47.8 Å². The number of carboxylic acid groups (broad SMARTS) is 1. The molecule has 0 aromatic carbocycles. The quantitative estimate of drug-likeness (QED) is 0.0349. The molecule has 61 heavy (non-hydrogen) atoms. The van der Waals surface area contributed by atoms with E-state index in [0.29, 0.717) is 0 Å². The minimum atomic E-state index is -1.82. The number of hydrogen-bond acceptors (Lipinski definition) is 15. The van der Waals surface area contributed by atoms with Gasteiger partial charge in [-0.05, 0) is 56.5 Å². The third-order valence-corrected chi connectivity index (χ3v) is 9.63. The first-order valence-electron chi connectivity index (χ1n) is 19.8. The molecule has 10 atom stereocenters. The first-order valence-corrected chi connectivity index (χ1v) is 21.2. The molecule has 0 aliphatic heterocycles. The average molecular weight is 894 g/mol. The maximum absolute atomic E-state index is 13.5. The Bertz CT molecular complexity index is 1500. The highest BCUT2D eigenvalue weighted by Gasteiger charge is 2.36. The van der Waals surface area contributed by atoms with Crippen LogP contribution in [0.1, 0.15) is 68.2 Å². The summed E-state index contributed by atoms with van der Waals surface area (Å²) >= 11 is 1.29. The summed E-state index contributed by atoms with van der Waals surface area (Å²) in [4.78, 5) is 116. The molecule has 0 saturated carbocycles. The summed E-state index contributed by atoms with van der Waals surface area (Å²) in [6.45, 7) is 9.41. The number of aliphatic hydroxyl groups is 4. The zero-order chi connectivity index (χ0) is 47.3. The average Bonchev–Trinajstić information content (AvgIpc) is 3.17. The Kier molecular flexibility index (Phi) is 25.9. The molecule has 0 aliphatic rings. The smallest absolute Gasteiger partial charge is 0.326 e. The van der Waals surface area contributed by atoms with Crippen molar-refractivity contribution in [1.29, 1.82) is 0 Å². The SMILES string of the molecule is CSCC[C@H](NC(=O)[C@H](CO)NC(=O)[C@@H](NC(=O)[C@H](C)N)C(C)C)C(=O)N[C@H](C(=O)N[C@@H](CO)C(=O)N[C@@H](CO)C(=O)N[C@H](C(=O)N[C@@H](CC(C)C)C(=O)O)C(C)C)[C@@H](C)O. The normalized spacial score (nSPS) is 16.3. The molecule has 0 aromatic heterocycles. The predicted molar refractivity (Wildman–Crippen MR) is 222 cm³/mol. The Morgan fingerprint density at radius 1 is 0.492 bits per heavy atom. The van der Waals surface area contributed by atoms with Crippen LogP contribution in [0.5, 0.6) is 0 Å². The second-order valence-corrected chi connectivity index (χ2v) is 16.6. The van der Waals surface area contributed by atoms with Gasteiger partial charge in [0.15, 0.2) is 0 Å². The summed E-state index contributed by atoms with van der Waals surface area (Å²) in [5.41, 5.74) is 5.58. The molecule has 0 rings (SSSR count). The summed E-state index contributed by atoms with van der Waals surface area (Å²) < 4.78 is 0. The molecule has 0 heterocycles. The number of rotatable bonds is 28. The molecule has 0 aromatic rings. The van der Waals surface area contributed by atoms with Crippen LogP contribution in [0.25, 0.3) is 0 Å². The van der Waals surface area contributed by atoms with Gasteiger partial charge in [0.1, 0.15) is 48.3 Å². The number of carbonyl (C=O) groups excluding carboxylic acids is 8. The van der Waals surface area contributed by atoms with Crippen LogP contribution in [0.2, 0.25) is 0 Å². The van der Waals surface area contributed by atoms with Crippen molar-refractivity contribution in [2.45, 2.75) is 129 Å². The van der Waals surface area contributed by atoms with E-state index in [1.165, 1.54) is 18.7 Å². The minimum absolute atomic E-state index is 0.0399. The van der Waals surface area contributed by atoms with Crippen LogP contribution in [0.4, 0.5) is 0 Å². The summed E-state index contributed by atoms with van der Waals surface area (Å²) in [7, 11) is 0. The van der Waals surface area contributed by atoms with E-state index in [-0.39, 0.29) is 24.5 Å². The van der Waals surface area contributed by atoms with Crippen LogP contribution in [0.15, 0.2) is 0 Å². The third kappa shape index (κ3) is 19.8. The van der Waals surface area contributed by atoms with E-state index in [1.807, 2.05) is 0 Å². The van der Waals surface area contributed by atoms with E-state index in [0.717, 1.165) is 6.92 Å². The third-order valence-electron chi connectivity index (χ3n) is 8.98. The van der Waals surface area contributed by atoms with Crippen molar-refractivity contribution < 1.29 is 68.7 Å². The first kappa shape index (κ1) is 56.4. The van der Waals surface area contributed by atoms with Gasteiger partial charge in [-0.15, -0.1) is 0 Å². The van der Waals surface area contributed by atoms with Crippen LogP contribution >= 0.6 is 11.8 Å². The lowest BCUT2D eigenvalue weighted by Gasteiger charge is -2.28. The summed E-state index contributed by atoms with van der Waals surface area (Å²) in [6.07, 6.45) is 0.131. The number of aliphatic carboxylic acids is 1. The number of thioether (sulfide) groups is 1. The van der Waals surface area contributed by atoms with Gasteiger partial charge in [-0.1, -0.05) is 41.5 Å². The molecule has 15 N–H and O–H groups in total. The monoisotopic (exact) mass is 893 g/mol. The molecule has 0 aliphatic carbocycles. The van der Waals surface area contributed by atoms with Gasteiger partial charge < -0.3 is 73.8 Å². The zero-order valence-corrected chi connectivity index (χ0v) is 37.0. The highest BCUT2D eigenvalue weighted by molar-refractivity contribution is 7.98. The standard InChI is InChI=1S/C37H67N9O14S/c1-16(2)12-22(37(59)60)40-34(56)27(18(5)6)45-33(55)25(15-49)41-32(54)24(14-48)43-36(58)28(20(8)50)46-30(52)21(10-11-61-9)39-31(53)23(13-47)42-35(57)26(17(3)4)44-29(51)19(7)38/h16-28,47-50H,10-15,38H2,1-9H3,(H,39,53)(H,40,56)(H,41,54)(H,42,57)(H,43,58)(H,44,51)(H,45,55)(H,46,52)(H,59,60)/t19-,20+,21-,22-,23-,24-,25-,26-,27-,28-/m0/s1. The molecule has 23 nitrogen and oxygen atoms in total. The summed E-state index contributed by atoms with van der Waals surface area (Å²) in [6, 6.07) is -13.0. The van der Waals surface area contributed by atoms with Gasteiger partial charge in [-0.2, -0.15) is 11.8 Å². The Morgan fingerprint density at radius 3 is 1.16 bits per heavy atom. The largest absolute Gasteiger partial charge is 0.480 e. The highest BCUT2D eigenvalue weighted by atomic mass is 32.2. The molecule has 0 unspecified atom stereocenters. The van der Waals surface area contributed by atoms with E-state index >= 15 is 0 Å². The lowest BCUT2D eigenvalue weighted by molar-refractivity contribution is -0.143. The molecular weight excluding hydrogens is 827 g/mol. The van der Waals surface area contributed by atoms with Crippen LogP contribution in [0.3, 0.4) is 0 Å². The molecular formula is C37H67N9O14S. The number of nitrogens with two attached hydrogens (primary N) is 1. The second kappa shape index (κ2) is 28.1. The minimum Gasteiger partial charge on any atom is -0.480 e. The molecule has 0 saturated heterocycles. The molecule has 24 heteroatoms. The van der Waals surface area contributed by atoms with Crippen molar-refractivity contribution in [2.75, 3.05) is 31.8 Å². The number of amides is 8. The number of nitrogens with one attached hydrogen (secondary N) is 8. The van der Waals surface area contributed by atoms with Crippen molar-refractivity contribution in [2.24, 2.45) is 23.5 Å². The first-order chi connectivity index (χ1) is 28.4. The number of hydrogen-bond donors (Lipinski definition) is 14. The van der Waals surface area contributed by atoms with Crippen molar-refractivity contribution in [3.05, 3.63) is 0 Å². The molecule has 8 amide bonds. The Labute approximate surface area is 359 Å². The van der Waals surface area contributed by atoms with Gasteiger partial charge in [-0.3, -0.25) is 38.4 Å². The van der Waals surface area contributed by atoms with Crippen LogP contribution in [-0.4, -0.2) is 171 Å². The van der Waals surface area contributed by atoms with E-state index in [2.05, 4.69) is 42.5 Å². The van der Waals surface area contributed by atoms with Crippen molar-refractivity contribution in [3.63, 3.8) is 0 Å². The maximum Gasteiger partial charge on any atom is 0.326 e. The number of aliphatic hydroxyl groups excluding tert-OH is 4.